The molecular weight excluding hydrogens is 536 g/mol. The van der Waals surface area contributed by atoms with E-state index < -0.39 is 45.8 Å². The molecule has 2 N–H and O–H groups in total. The monoisotopic (exact) mass is 558 g/mol. The van der Waals surface area contributed by atoms with E-state index in [0.717, 1.165) is 27.2 Å². The van der Waals surface area contributed by atoms with Crippen molar-refractivity contribution >= 4 is 35.3 Å². The lowest BCUT2D eigenvalue weighted by Gasteiger charge is -2.52. The topological polar surface area (TPSA) is 142 Å². The van der Waals surface area contributed by atoms with Crippen LogP contribution in [0.15, 0.2) is 102 Å². The summed E-state index contributed by atoms with van der Waals surface area (Å²) in [4.78, 5) is 53.8. The summed E-state index contributed by atoms with van der Waals surface area (Å²) in [7, 11) is 0. The molecule has 10 nitrogen and oxygen atoms in total. The summed E-state index contributed by atoms with van der Waals surface area (Å²) >= 11 is 0. The van der Waals surface area contributed by atoms with Crippen LogP contribution >= 0.6 is 0 Å². The SMILES string of the molecule is O=C(N/N=C\C12c3ccccc3C(c3ccccc31)[C@@H]1C(=O)N(c3ccccc3[N+](=O)[O-])C(=O)[C@@H]12)c1ccccc1O. The number of nitrogens with one attached hydrogen (secondary N) is 1. The van der Waals surface area contributed by atoms with Gasteiger partial charge in [-0.05, 0) is 40.5 Å². The van der Waals surface area contributed by atoms with Crippen LogP contribution < -0.4 is 10.3 Å². The van der Waals surface area contributed by atoms with Crippen molar-refractivity contribution in [1.82, 2.24) is 5.43 Å². The first-order chi connectivity index (χ1) is 20.4. The van der Waals surface area contributed by atoms with Crippen LogP contribution in [0.3, 0.4) is 0 Å². The van der Waals surface area contributed by atoms with Gasteiger partial charge in [0.1, 0.15) is 11.4 Å². The average Bonchev–Trinajstić information content (AvgIpc) is 3.27. The number of phenolic OH excluding ortho intramolecular Hbond substituents is 1. The molecule has 0 radical (unpaired) electrons. The van der Waals surface area contributed by atoms with Gasteiger partial charge in [-0.15, -0.1) is 0 Å². The molecule has 0 aromatic heterocycles. The lowest BCUT2D eigenvalue weighted by molar-refractivity contribution is -0.384. The number of anilines is 1. The fraction of sp³-hybridized carbons (Fsp3) is 0.125. The van der Waals surface area contributed by atoms with Crippen LogP contribution in [0, 0.1) is 22.0 Å². The van der Waals surface area contributed by atoms with Crippen molar-refractivity contribution in [1.29, 1.82) is 0 Å². The first kappa shape index (κ1) is 25.3. The molecule has 1 heterocycles. The lowest BCUT2D eigenvalue weighted by Crippen LogP contribution is -2.54. The van der Waals surface area contributed by atoms with E-state index in [1.54, 1.807) is 18.2 Å². The lowest BCUT2D eigenvalue weighted by atomic mass is 9.47. The van der Waals surface area contributed by atoms with Crippen molar-refractivity contribution in [2.45, 2.75) is 11.3 Å². The number of phenols is 1. The van der Waals surface area contributed by atoms with E-state index in [0.29, 0.717) is 0 Å². The molecule has 4 aromatic carbocycles. The van der Waals surface area contributed by atoms with Crippen LogP contribution in [0.5, 0.6) is 5.75 Å². The molecule has 4 aliphatic rings. The molecule has 2 atom stereocenters. The van der Waals surface area contributed by atoms with Gasteiger partial charge in [-0.25, -0.2) is 10.3 Å². The van der Waals surface area contributed by atoms with Gasteiger partial charge in [0.2, 0.25) is 11.8 Å². The summed E-state index contributed by atoms with van der Waals surface area (Å²) < 4.78 is 0. The molecular formula is C32H22N4O6. The molecule has 1 aliphatic heterocycles. The van der Waals surface area contributed by atoms with Gasteiger partial charge in [0.15, 0.2) is 0 Å². The van der Waals surface area contributed by atoms with Crippen LogP contribution in [0.2, 0.25) is 0 Å². The smallest absolute Gasteiger partial charge is 0.293 e. The molecule has 10 heteroatoms. The van der Waals surface area contributed by atoms with E-state index in [2.05, 4.69) is 10.5 Å². The van der Waals surface area contributed by atoms with Gasteiger partial charge in [0.05, 0.1) is 27.7 Å². The highest BCUT2D eigenvalue weighted by Gasteiger charge is 2.68. The number of hydrogen-bond acceptors (Lipinski definition) is 7. The Morgan fingerprint density at radius 2 is 1.48 bits per heavy atom. The molecule has 206 valence electrons. The number of para-hydroxylation sites is 3. The van der Waals surface area contributed by atoms with Crippen LogP contribution in [0.4, 0.5) is 11.4 Å². The summed E-state index contributed by atoms with van der Waals surface area (Å²) in [6.07, 6.45) is 1.49. The standard InChI is InChI=1S/C32H22N4O6/c37-25-16-8-3-11-20(25)29(38)34-33-17-32-21-12-4-1-9-18(21)26(19-10-2-5-13-22(19)32)27-28(32)31(40)35(30(27)39)23-14-6-7-15-24(23)36(41)42/h1-17,26-28,37H,(H,34,38)/b33-17-/t26?,27-,28+,32?/m0/s1. The highest BCUT2D eigenvalue weighted by atomic mass is 16.6. The fourth-order valence-corrected chi connectivity index (χ4v) is 7.01. The Morgan fingerprint density at radius 1 is 0.881 bits per heavy atom. The largest absolute Gasteiger partial charge is 0.507 e. The number of hydrazone groups is 1. The summed E-state index contributed by atoms with van der Waals surface area (Å²) in [5, 5.41) is 26.3. The number of nitrogens with zero attached hydrogens (tertiary/aromatic N) is 3. The third kappa shape index (κ3) is 3.32. The molecule has 3 aliphatic carbocycles. The van der Waals surface area contributed by atoms with Crippen molar-refractivity contribution in [2.24, 2.45) is 16.9 Å². The van der Waals surface area contributed by atoms with E-state index in [4.69, 9.17) is 0 Å². The van der Waals surface area contributed by atoms with Crippen molar-refractivity contribution in [2.75, 3.05) is 4.90 Å². The van der Waals surface area contributed by atoms with E-state index in [9.17, 15) is 29.6 Å². The van der Waals surface area contributed by atoms with Crippen LogP contribution in [-0.4, -0.2) is 34.0 Å². The van der Waals surface area contributed by atoms with E-state index in [1.165, 1.54) is 36.5 Å². The maximum Gasteiger partial charge on any atom is 0.293 e. The number of nitro benzene ring substituents is 1. The van der Waals surface area contributed by atoms with Gasteiger partial charge < -0.3 is 5.11 Å². The Labute approximate surface area is 239 Å². The van der Waals surface area contributed by atoms with Gasteiger partial charge in [-0.1, -0.05) is 72.8 Å². The van der Waals surface area contributed by atoms with Crippen molar-refractivity contribution in [3.05, 3.63) is 135 Å². The van der Waals surface area contributed by atoms with Gasteiger partial charge >= 0.3 is 0 Å². The second kappa shape index (κ2) is 9.20. The Hall–Kier alpha value is -5.64. The second-order valence-corrected chi connectivity index (χ2v) is 10.5. The highest BCUT2D eigenvalue weighted by Crippen LogP contribution is 2.63. The number of hydrogen-bond donors (Lipinski definition) is 2. The number of aromatic hydroxyl groups is 1. The second-order valence-electron chi connectivity index (χ2n) is 10.5. The predicted octanol–water partition coefficient (Wildman–Crippen LogP) is 4.27. The number of carbonyl (C=O) groups is 3. The molecule has 0 unspecified atom stereocenters. The first-order valence-corrected chi connectivity index (χ1v) is 13.3. The average molecular weight is 559 g/mol. The number of amides is 3. The number of rotatable bonds is 5. The molecule has 42 heavy (non-hydrogen) atoms. The molecule has 3 amide bonds. The van der Waals surface area contributed by atoms with Crippen LogP contribution in [0.25, 0.3) is 0 Å². The minimum absolute atomic E-state index is 0.0212. The van der Waals surface area contributed by atoms with Crippen molar-refractivity contribution in [3.63, 3.8) is 0 Å². The summed E-state index contributed by atoms with van der Waals surface area (Å²) in [5.41, 5.74) is 4.01. The van der Waals surface area contributed by atoms with E-state index in [1.807, 2.05) is 48.5 Å². The van der Waals surface area contributed by atoms with Gasteiger partial charge in [-0.2, -0.15) is 5.10 Å². The van der Waals surface area contributed by atoms with Crippen molar-refractivity contribution < 1.29 is 24.4 Å². The van der Waals surface area contributed by atoms with Crippen LogP contribution in [0.1, 0.15) is 38.5 Å². The third-order valence-corrected chi connectivity index (χ3v) is 8.59. The number of nitro groups is 1. The molecule has 4 aromatic rings. The Bertz CT molecular complexity index is 1820. The number of benzene rings is 4. The summed E-state index contributed by atoms with van der Waals surface area (Å²) in [6.45, 7) is 0. The van der Waals surface area contributed by atoms with Crippen molar-refractivity contribution in [3.8, 4) is 5.75 Å². The zero-order valence-corrected chi connectivity index (χ0v) is 21.9. The normalized spacial score (nSPS) is 23.4. The number of imide groups is 1. The molecule has 0 spiro atoms. The minimum atomic E-state index is -1.27. The maximum absolute atomic E-state index is 14.4. The Morgan fingerprint density at radius 3 is 2.14 bits per heavy atom. The summed E-state index contributed by atoms with van der Waals surface area (Å²) in [5.74, 6) is -4.27. The highest BCUT2D eigenvalue weighted by molar-refractivity contribution is 6.25. The number of carbonyl (C=O) groups excluding carboxylic acids is 3. The van der Waals surface area contributed by atoms with Gasteiger partial charge in [-0.3, -0.25) is 24.5 Å². The van der Waals surface area contributed by atoms with E-state index >= 15 is 0 Å². The quantitative estimate of drug-likeness (QED) is 0.162. The zero-order chi connectivity index (χ0) is 29.2. The molecule has 1 fully saturated rings. The molecule has 2 bridgehead atoms. The van der Waals surface area contributed by atoms with E-state index in [-0.39, 0.29) is 22.7 Å². The molecule has 0 saturated carbocycles. The summed E-state index contributed by atoms with van der Waals surface area (Å²) in [6, 6.07) is 26.8. The minimum Gasteiger partial charge on any atom is -0.507 e. The molecule has 8 rings (SSSR count). The van der Waals surface area contributed by atoms with Crippen LogP contribution in [-0.2, 0) is 15.0 Å². The fourth-order valence-electron chi connectivity index (χ4n) is 7.01. The van der Waals surface area contributed by atoms with Gasteiger partial charge in [0.25, 0.3) is 11.6 Å². The Kier molecular flexibility index (Phi) is 5.55. The predicted molar refractivity (Wildman–Crippen MR) is 152 cm³/mol. The zero-order valence-electron chi connectivity index (χ0n) is 21.9. The third-order valence-electron chi connectivity index (χ3n) is 8.59. The molecule has 1 saturated heterocycles. The first-order valence-electron chi connectivity index (χ1n) is 13.3. The maximum atomic E-state index is 14.4. The van der Waals surface area contributed by atoms with Gasteiger partial charge in [0, 0.05) is 18.2 Å². The Balaban J connectivity index is 1.42.